The van der Waals surface area contributed by atoms with Crippen LogP contribution < -0.4 is 0 Å². The molecule has 0 radical (unpaired) electrons. The van der Waals surface area contributed by atoms with Crippen molar-refractivity contribution in [3.63, 3.8) is 0 Å². The summed E-state index contributed by atoms with van der Waals surface area (Å²) in [4.78, 5) is 8.66. The second kappa shape index (κ2) is 5.66. The first-order valence-corrected chi connectivity index (χ1v) is 9.68. The number of benzene rings is 1. The van der Waals surface area contributed by atoms with E-state index in [2.05, 4.69) is 20.2 Å². The SMILES string of the molecule is O=S(=O)(c1ccc2ncsc2c1)N1CCCCC1c1ncn[nH]1. The number of sulfonamides is 1. The molecular formula is C14H15N5O2S2. The minimum atomic E-state index is -3.58. The summed E-state index contributed by atoms with van der Waals surface area (Å²) in [6.45, 7) is 0.494. The number of H-pyrrole nitrogens is 1. The van der Waals surface area contributed by atoms with Gasteiger partial charge in [-0.2, -0.15) is 9.40 Å². The van der Waals surface area contributed by atoms with Gasteiger partial charge in [-0.1, -0.05) is 6.42 Å². The van der Waals surface area contributed by atoms with Crippen LogP contribution in [0.25, 0.3) is 10.2 Å². The number of fused-ring (bicyclic) bond motifs is 1. The van der Waals surface area contributed by atoms with Crippen molar-refractivity contribution in [2.24, 2.45) is 0 Å². The van der Waals surface area contributed by atoms with E-state index in [1.54, 1.807) is 28.0 Å². The number of hydrogen-bond donors (Lipinski definition) is 1. The van der Waals surface area contributed by atoms with E-state index >= 15 is 0 Å². The summed E-state index contributed by atoms with van der Waals surface area (Å²) in [5, 5.41) is 6.67. The monoisotopic (exact) mass is 349 g/mol. The third kappa shape index (κ3) is 2.54. The fourth-order valence-electron chi connectivity index (χ4n) is 2.97. The molecule has 23 heavy (non-hydrogen) atoms. The van der Waals surface area contributed by atoms with Gasteiger partial charge in [0.2, 0.25) is 10.0 Å². The highest BCUT2D eigenvalue weighted by Gasteiger charge is 2.36. The largest absolute Gasteiger partial charge is 0.262 e. The first-order chi connectivity index (χ1) is 11.2. The Hall–Kier alpha value is -1.84. The highest BCUT2D eigenvalue weighted by atomic mass is 32.2. The van der Waals surface area contributed by atoms with E-state index in [0.29, 0.717) is 17.3 Å². The average Bonchev–Trinajstić information content (AvgIpc) is 3.25. The van der Waals surface area contributed by atoms with Crippen molar-refractivity contribution < 1.29 is 8.42 Å². The highest BCUT2D eigenvalue weighted by Crippen LogP contribution is 2.34. The molecule has 1 aliphatic heterocycles. The van der Waals surface area contributed by atoms with Crippen LogP contribution in [0.2, 0.25) is 0 Å². The van der Waals surface area contributed by atoms with Crippen LogP contribution in [0.5, 0.6) is 0 Å². The maximum absolute atomic E-state index is 13.1. The number of rotatable bonds is 3. The van der Waals surface area contributed by atoms with Crippen LogP contribution >= 0.6 is 11.3 Å². The lowest BCUT2D eigenvalue weighted by Crippen LogP contribution is -2.39. The van der Waals surface area contributed by atoms with Gasteiger partial charge in [0.15, 0.2) is 0 Å². The number of nitrogens with one attached hydrogen (secondary N) is 1. The molecule has 0 amide bonds. The van der Waals surface area contributed by atoms with Crippen LogP contribution in [-0.4, -0.2) is 39.4 Å². The smallest absolute Gasteiger partial charge is 0.243 e. The second-order valence-electron chi connectivity index (χ2n) is 5.48. The number of aromatic nitrogens is 4. The van der Waals surface area contributed by atoms with Gasteiger partial charge in [0.25, 0.3) is 0 Å². The summed E-state index contributed by atoms with van der Waals surface area (Å²) in [6.07, 6.45) is 3.99. The lowest BCUT2D eigenvalue weighted by molar-refractivity contribution is 0.247. The van der Waals surface area contributed by atoms with Gasteiger partial charge in [-0.3, -0.25) is 5.10 Å². The topological polar surface area (TPSA) is 91.8 Å². The first-order valence-electron chi connectivity index (χ1n) is 7.36. The molecule has 0 aliphatic carbocycles. The number of thiazole rings is 1. The predicted octanol–water partition coefficient (Wildman–Crippen LogP) is 2.33. The van der Waals surface area contributed by atoms with Gasteiger partial charge in [-0.15, -0.1) is 11.3 Å². The standard InChI is InChI=1S/C14H15N5O2S2/c20-23(21,10-4-5-11-13(7-10)22-9-16-11)19-6-2-1-3-12(19)14-15-8-17-18-14/h4-5,7-9,12H,1-3,6H2,(H,15,17,18). The number of aromatic amines is 1. The fourth-order valence-corrected chi connectivity index (χ4v) is 5.45. The Labute approximate surface area is 137 Å². The van der Waals surface area contributed by atoms with E-state index in [9.17, 15) is 8.42 Å². The van der Waals surface area contributed by atoms with Gasteiger partial charge in [0, 0.05) is 6.54 Å². The van der Waals surface area contributed by atoms with Gasteiger partial charge in [0.1, 0.15) is 12.2 Å². The Balaban J connectivity index is 1.76. The van der Waals surface area contributed by atoms with E-state index in [4.69, 9.17) is 0 Å². The molecule has 1 atom stereocenters. The van der Waals surface area contributed by atoms with Gasteiger partial charge >= 0.3 is 0 Å². The van der Waals surface area contributed by atoms with Crippen LogP contribution in [0.1, 0.15) is 31.1 Å². The van der Waals surface area contributed by atoms with Crippen LogP contribution in [0.4, 0.5) is 0 Å². The van der Waals surface area contributed by atoms with Crippen molar-refractivity contribution in [3.05, 3.63) is 35.9 Å². The molecule has 1 aliphatic rings. The summed E-state index contributed by atoms with van der Waals surface area (Å²) in [6, 6.07) is 4.80. The van der Waals surface area contributed by atoms with Crippen molar-refractivity contribution >= 4 is 31.6 Å². The van der Waals surface area contributed by atoms with Gasteiger partial charge in [-0.05, 0) is 31.0 Å². The predicted molar refractivity (Wildman–Crippen MR) is 86.5 cm³/mol. The molecule has 2 aromatic heterocycles. The van der Waals surface area contributed by atoms with E-state index in [0.717, 1.165) is 29.5 Å². The van der Waals surface area contributed by atoms with Crippen LogP contribution in [-0.2, 0) is 10.0 Å². The Kier molecular flexibility index (Phi) is 3.63. The minimum absolute atomic E-state index is 0.284. The van der Waals surface area contributed by atoms with Crippen molar-refractivity contribution in [2.75, 3.05) is 6.54 Å². The molecule has 1 aromatic carbocycles. The van der Waals surface area contributed by atoms with Crippen LogP contribution in [0.3, 0.4) is 0 Å². The van der Waals surface area contributed by atoms with Crippen molar-refractivity contribution in [1.29, 1.82) is 0 Å². The summed E-state index contributed by atoms with van der Waals surface area (Å²) in [7, 11) is -3.58. The van der Waals surface area contributed by atoms with Crippen LogP contribution in [0, 0.1) is 0 Å². The number of hydrogen-bond acceptors (Lipinski definition) is 6. The van der Waals surface area contributed by atoms with Crippen molar-refractivity contribution in [3.8, 4) is 0 Å². The normalized spacial score (nSPS) is 20.1. The van der Waals surface area contributed by atoms with E-state index in [1.165, 1.54) is 17.7 Å². The molecule has 120 valence electrons. The Morgan fingerprint density at radius 2 is 2.17 bits per heavy atom. The van der Waals surface area contributed by atoms with Crippen molar-refractivity contribution in [1.82, 2.24) is 24.5 Å². The number of piperidine rings is 1. The fraction of sp³-hybridized carbons (Fsp3) is 0.357. The zero-order chi connectivity index (χ0) is 15.9. The summed E-state index contributed by atoms with van der Waals surface area (Å²) < 4.78 is 28.6. The molecule has 0 spiro atoms. The van der Waals surface area contributed by atoms with Crippen molar-refractivity contribution in [2.45, 2.75) is 30.2 Å². The molecule has 3 heterocycles. The summed E-state index contributed by atoms with van der Waals surface area (Å²) >= 11 is 1.44. The molecule has 9 heteroatoms. The lowest BCUT2D eigenvalue weighted by atomic mass is 10.0. The molecule has 1 fully saturated rings. The Morgan fingerprint density at radius 3 is 3.00 bits per heavy atom. The average molecular weight is 349 g/mol. The third-order valence-electron chi connectivity index (χ3n) is 4.11. The Morgan fingerprint density at radius 1 is 1.26 bits per heavy atom. The van der Waals surface area contributed by atoms with E-state index in [-0.39, 0.29) is 6.04 Å². The zero-order valence-corrected chi connectivity index (χ0v) is 13.8. The van der Waals surface area contributed by atoms with Gasteiger partial charge in [0.05, 0.1) is 26.7 Å². The first kappa shape index (κ1) is 14.7. The molecule has 0 saturated carbocycles. The summed E-state index contributed by atoms with van der Waals surface area (Å²) in [5.74, 6) is 0.604. The molecule has 1 saturated heterocycles. The molecule has 7 nitrogen and oxygen atoms in total. The van der Waals surface area contributed by atoms with Crippen LogP contribution in [0.15, 0.2) is 34.9 Å². The maximum Gasteiger partial charge on any atom is 0.243 e. The molecular weight excluding hydrogens is 334 g/mol. The maximum atomic E-state index is 13.1. The molecule has 0 bridgehead atoms. The van der Waals surface area contributed by atoms with E-state index < -0.39 is 10.0 Å². The van der Waals surface area contributed by atoms with Gasteiger partial charge < -0.3 is 0 Å². The summed E-state index contributed by atoms with van der Waals surface area (Å²) in [5.41, 5.74) is 2.54. The lowest BCUT2D eigenvalue weighted by Gasteiger charge is -2.33. The third-order valence-corrected chi connectivity index (χ3v) is 6.81. The minimum Gasteiger partial charge on any atom is -0.262 e. The second-order valence-corrected chi connectivity index (χ2v) is 8.26. The molecule has 4 rings (SSSR count). The molecule has 1 N–H and O–H groups in total. The Bertz CT molecular complexity index is 920. The number of nitrogens with zero attached hydrogens (tertiary/aromatic N) is 4. The van der Waals surface area contributed by atoms with Gasteiger partial charge in [-0.25, -0.2) is 18.4 Å². The van der Waals surface area contributed by atoms with E-state index in [1.807, 2.05) is 0 Å². The highest BCUT2D eigenvalue weighted by molar-refractivity contribution is 7.89. The molecule has 1 unspecified atom stereocenters. The zero-order valence-electron chi connectivity index (χ0n) is 12.2. The molecule has 3 aromatic rings. The quantitative estimate of drug-likeness (QED) is 0.783.